The minimum Gasteiger partial charge on any atom is -0.330 e. The molecule has 5 rings (SSSR count). The van der Waals surface area contributed by atoms with Gasteiger partial charge in [0, 0.05) is 19.1 Å². The molecule has 0 radical (unpaired) electrons. The molecule has 2 amide bonds. The highest BCUT2D eigenvalue weighted by Gasteiger charge is 2.45. The average molecular weight is 395 g/mol. The van der Waals surface area contributed by atoms with E-state index in [0.717, 1.165) is 37.1 Å². The molecule has 2 aliphatic rings. The molecular weight excluding hydrogens is 372 g/mol. The number of amides is 2. The highest BCUT2D eigenvalue weighted by atomic mass is 32.1. The number of hydrogen-bond acceptors (Lipinski definition) is 6. The number of anilines is 1. The molecular formula is C20H22N6OS. The van der Waals surface area contributed by atoms with Crippen LogP contribution >= 0.6 is 11.3 Å². The number of piperidine rings is 1. The van der Waals surface area contributed by atoms with Gasteiger partial charge in [-0.2, -0.15) is 0 Å². The molecule has 2 saturated heterocycles. The Balaban J connectivity index is 1.27. The van der Waals surface area contributed by atoms with Crippen LogP contribution in [0.15, 0.2) is 42.4 Å². The molecule has 3 aromatic rings. The maximum absolute atomic E-state index is 12.5. The van der Waals surface area contributed by atoms with Crippen molar-refractivity contribution in [3.63, 3.8) is 0 Å². The number of hydrogen-bond donors (Lipinski definition) is 1. The van der Waals surface area contributed by atoms with Crippen molar-refractivity contribution in [3.05, 3.63) is 48.0 Å². The summed E-state index contributed by atoms with van der Waals surface area (Å²) in [6, 6.07) is 6.87. The van der Waals surface area contributed by atoms with Gasteiger partial charge in [0.05, 0.1) is 45.9 Å². The van der Waals surface area contributed by atoms with E-state index in [-0.39, 0.29) is 11.6 Å². The molecule has 1 unspecified atom stereocenters. The van der Waals surface area contributed by atoms with Crippen molar-refractivity contribution < 1.29 is 4.79 Å². The van der Waals surface area contributed by atoms with Gasteiger partial charge in [-0.1, -0.05) is 6.07 Å². The van der Waals surface area contributed by atoms with Gasteiger partial charge in [0.25, 0.3) is 0 Å². The number of urea groups is 1. The molecule has 7 nitrogen and oxygen atoms in total. The van der Waals surface area contributed by atoms with Crippen LogP contribution in [0.25, 0.3) is 10.2 Å². The van der Waals surface area contributed by atoms with Crippen LogP contribution in [0, 0.1) is 0 Å². The first-order valence-corrected chi connectivity index (χ1v) is 10.4. The summed E-state index contributed by atoms with van der Waals surface area (Å²) in [5.41, 5.74) is 4.86. The number of benzene rings is 1. The van der Waals surface area contributed by atoms with E-state index in [1.807, 2.05) is 5.51 Å². The number of likely N-dealkylation sites (tertiary alicyclic amines) is 1. The summed E-state index contributed by atoms with van der Waals surface area (Å²) in [6.07, 6.45) is 6.74. The second-order valence-corrected chi connectivity index (χ2v) is 8.57. The maximum Gasteiger partial charge on any atom is 0.322 e. The van der Waals surface area contributed by atoms with Gasteiger partial charge in [-0.05, 0) is 37.5 Å². The fourth-order valence-corrected chi connectivity index (χ4v) is 4.97. The summed E-state index contributed by atoms with van der Waals surface area (Å²) in [6.45, 7) is 4.84. The minimum atomic E-state index is -0.165. The molecule has 2 aliphatic heterocycles. The number of fused-ring (bicyclic) bond motifs is 1. The fourth-order valence-electron chi connectivity index (χ4n) is 4.32. The third kappa shape index (κ3) is 3.02. The number of carbonyl (C=O) groups is 1. The zero-order chi connectivity index (χ0) is 19.1. The summed E-state index contributed by atoms with van der Waals surface area (Å²) in [5, 5.41) is 3.23. The summed E-state index contributed by atoms with van der Waals surface area (Å²) in [7, 11) is 0. The van der Waals surface area contributed by atoms with Crippen LogP contribution < -0.4 is 10.2 Å². The van der Waals surface area contributed by atoms with Gasteiger partial charge in [0.1, 0.15) is 6.33 Å². The molecule has 2 aromatic heterocycles. The maximum atomic E-state index is 12.5. The fraction of sp³-hybridized carbons (Fsp3) is 0.400. The van der Waals surface area contributed by atoms with Gasteiger partial charge in [0.15, 0.2) is 0 Å². The van der Waals surface area contributed by atoms with Gasteiger partial charge in [0.2, 0.25) is 0 Å². The molecule has 8 heteroatoms. The number of rotatable bonds is 3. The zero-order valence-electron chi connectivity index (χ0n) is 15.7. The van der Waals surface area contributed by atoms with Gasteiger partial charge in [-0.3, -0.25) is 9.80 Å². The lowest BCUT2D eigenvalue weighted by atomic mass is 9.87. The molecule has 28 heavy (non-hydrogen) atoms. The molecule has 2 fully saturated rings. The third-order valence-corrected chi connectivity index (χ3v) is 6.89. The third-order valence-electron chi connectivity index (χ3n) is 6.08. The lowest BCUT2D eigenvalue weighted by Gasteiger charge is -2.41. The first-order chi connectivity index (χ1) is 13.6. The van der Waals surface area contributed by atoms with Crippen molar-refractivity contribution >= 4 is 33.3 Å². The van der Waals surface area contributed by atoms with Crippen molar-refractivity contribution in [1.82, 2.24) is 25.2 Å². The SMILES string of the molecule is CC(c1ccc2scnc2c1)N1CCC2(CC1)CN(c1cncnc1)C(=O)N2. The van der Waals surface area contributed by atoms with E-state index in [4.69, 9.17) is 0 Å². The molecule has 1 atom stereocenters. The number of aromatic nitrogens is 3. The van der Waals surface area contributed by atoms with Gasteiger partial charge < -0.3 is 5.32 Å². The summed E-state index contributed by atoms with van der Waals surface area (Å²) < 4.78 is 1.23. The second kappa shape index (κ2) is 6.79. The quantitative estimate of drug-likeness (QED) is 0.738. The van der Waals surface area contributed by atoms with Gasteiger partial charge in [-0.15, -0.1) is 11.3 Å². The summed E-state index contributed by atoms with van der Waals surface area (Å²) in [4.78, 5) is 29.3. The van der Waals surface area contributed by atoms with Crippen molar-refractivity contribution in [2.24, 2.45) is 0 Å². The number of nitrogens with one attached hydrogen (secondary N) is 1. The van der Waals surface area contributed by atoms with Crippen LogP contribution in [-0.2, 0) is 0 Å². The monoisotopic (exact) mass is 394 g/mol. The van der Waals surface area contributed by atoms with E-state index < -0.39 is 0 Å². The van der Waals surface area contributed by atoms with Gasteiger partial charge >= 0.3 is 6.03 Å². The molecule has 0 saturated carbocycles. The number of carbonyl (C=O) groups excluding carboxylic acids is 1. The first kappa shape index (κ1) is 17.5. The zero-order valence-corrected chi connectivity index (χ0v) is 16.5. The Morgan fingerprint density at radius 3 is 2.79 bits per heavy atom. The number of thiazole rings is 1. The summed E-state index contributed by atoms with van der Waals surface area (Å²) in [5.74, 6) is 0. The highest BCUT2D eigenvalue weighted by Crippen LogP contribution is 2.34. The molecule has 144 valence electrons. The lowest BCUT2D eigenvalue weighted by molar-refractivity contribution is 0.121. The lowest BCUT2D eigenvalue weighted by Crippen LogP contribution is -2.52. The van der Waals surface area contributed by atoms with Crippen molar-refractivity contribution in [2.45, 2.75) is 31.3 Å². The summed E-state index contributed by atoms with van der Waals surface area (Å²) >= 11 is 1.68. The molecule has 0 aliphatic carbocycles. The topological polar surface area (TPSA) is 74.2 Å². The number of nitrogens with zero attached hydrogens (tertiary/aromatic N) is 5. The molecule has 4 heterocycles. The smallest absolute Gasteiger partial charge is 0.322 e. The van der Waals surface area contributed by atoms with Gasteiger partial charge in [-0.25, -0.2) is 19.7 Å². The van der Waals surface area contributed by atoms with Crippen molar-refractivity contribution in [2.75, 3.05) is 24.5 Å². The van der Waals surface area contributed by atoms with E-state index in [2.05, 4.69) is 50.3 Å². The van der Waals surface area contributed by atoms with E-state index in [1.54, 1.807) is 28.6 Å². The van der Waals surface area contributed by atoms with Crippen molar-refractivity contribution in [3.8, 4) is 0 Å². The van der Waals surface area contributed by atoms with E-state index in [0.29, 0.717) is 12.6 Å². The molecule has 1 spiro atoms. The predicted molar refractivity (Wildman–Crippen MR) is 109 cm³/mol. The van der Waals surface area contributed by atoms with E-state index in [1.165, 1.54) is 16.6 Å². The Kier molecular flexibility index (Phi) is 4.25. The largest absolute Gasteiger partial charge is 0.330 e. The van der Waals surface area contributed by atoms with E-state index >= 15 is 0 Å². The molecule has 0 bridgehead atoms. The average Bonchev–Trinajstić information content (AvgIpc) is 3.32. The van der Waals surface area contributed by atoms with Crippen LogP contribution in [-0.4, -0.2) is 51.1 Å². The minimum absolute atomic E-state index is 0.0507. The molecule has 1 N–H and O–H groups in total. The van der Waals surface area contributed by atoms with Crippen LogP contribution in [0.4, 0.5) is 10.5 Å². The van der Waals surface area contributed by atoms with Crippen LogP contribution in [0.1, 0.15) is 31.4 Å². The van der Waals surface area contributed by atoms with Crippen LogP contribution in [0.2, 0.25) is 0 Å². The Morgan fingerprint density at radius 2 is 2.00 bits per heavy atom. The highest BCUT2D eigenvalue weighted by molar-refractivity contribution is 7.16. The van der Waals surface area contributed by atoms with Crippen LogP contribution in [0.3, 0.4) is 0 Å². The first-order valence-electron chi connectivity index (χ1n) is 9.55. The Morgan fingerprint density at radius 1 is 1.21 bits per heavy atom. The van der Waals surface area contributed by atoms with Crippen LogP contribution in [0.5, 0.6) is 0 Å². The molecule has 1 aromatic carbocycles. The second-order valence-electron chi connectivity index (χ2n) is 7.68. The van der Waals surface area contributed by atoms with E-state index in [9.17, 15) is 4.79 Å². The Hall–Kier alpha value is -2.58. The normalized spacial score (nSPS) is 20.6. The van der Waals surface area contributed by atoms with Crippen molar-refractivity contribution in [1.29, 1.82) is 0 Å². The standard InChI is InChI=1S/C20H22N6OS/c1-14(15-2-3-18-17(8-15)23-13-28-18)25-6-4-20(5-7-25)11-26(19(27)24-20)16-9-21-12-22-10-16/h2-3,8-10,12-14H,4-7,11H2,1H3,(H,24,27). The Labute approximate surface area is 167 Å². The predicted octanol–water partition coefficient (Wildman–Crippen LogP) is 3.21. The Bertz CT molecular complexity index is 998.